The molecule has 0 bridgehead atoms. The summed E-state index contributed by atoms with van der Waals surface area (Å²) in [6, 6.07) is 4.10. The summed E-state index contributed by atoms with van der Waals surface area (Å²) in [7, 11) is 0. The Hall–Kier alpha value is -1.95. The van der Waals surface area contributed by atoms with Gasteiger partial charge >= 0.3 is 5.69 Å². The molecule has 0 aliphatic heterocycles. The fraction of sp³-hybridized carbons (Fsp3) is 0.308. The molecule has 1 fully saturated rings. The molecule has 2 aromatic heterocycles. The first-order valence-electron chi connectivity index (χ1n) is 6.18. The standard InChI is InChI=1S/C13H14N4OS/c14-12(19)11-9(2-1-5-15-11)8-16-6-7-17(13(16)18)10-3-4-10/h1-2,5-7,10H,3-4,8H2,(H2,14,19). The van der Waals surface area contributed by atoms with E-state index in [-0.39, 0.29) is 10.7 Å². The lowest BCUT2D eigenvalue weighted by atomic mass is 10.2. The van der Waals surface area contributed by atoms with E-state index in [1.807, 2.05) is 18.3 Å². The Bertz CT molecular complexity index is 684. The van der Waals surface area contributed by atoms with Crippen molar-refractivity contribution in [1.82, 2.24) is 14.1 Å². The van der Waals surface area contributed by atoms with Gasteiger partial charge in [-0.05, 0) is 18.9 Å². The lowest BCUT2D eigenvalue weighted by Gasteiger charge is -2.07. The summed E-state index contributed by atoms with van der Waals surface area (Å²) in [6.45, 7) is 0.444. The van der Waals surface area contributed by atoms with E-state index >= 15 is 0 Å². The highest BCUT2D eigenvalue weighted by Crippen LogP contribution is 2.33. The number of thiocarbonyl (C=S) groups is 1. The van der Waals surface area contributed by atoms with Gasteiger partial charge in [0.15, 0.2) is 0 Å². The summed E-state index contributed by atoms with van der Waals surface area (Å²) in [5.74, 6) is 0. The van der Waals surface area contributed by atoms with Crippen LogP contribution in [-0.2, 0) is 6.54 Å². The van der Waals surface area contributed by atoms with Crippen LogP contribution in [0.25, 0.3) is 0 Å². The number of imidazole rings is 1. The van der Waals surface area contributed by atoms with Gasteiger partial charge in [0.2, 0.25) is 0 Å². The molecule has 0 amide bonds. The molecule has 1 saturated carbocycles. The summed E-state index contributed by atoms with van der Waals surface area (Å²) < 4.78 is 3.45. The molecule has 1 aliphatic rings. The van der Waals surface area contributed by atoms with Crippen LogP contribution in [0.2, 0.25) is 0 Å². The minimum atomic E-state index is 0.0141. The predicted octanol–water partition coefficient (Wildman–Crippen LogP) is 1.06. The van der Waals surface area contributed by atoms with E-state index in [0.29, 0.717) is 18.3 Å². The molecule has 19 heavy (non-hydrogen) atoms. The highest BCUT2D eigenvalue weighted by molar-refractivity contribution is 7.80. The van der Waals surface area contributed by atoms with Gasteiger partial charge in [-0.3, -0.25) is 14.1 Å². The maximum Gasteiger partial charge on any atom is 0.328 e. The van der Waals surface area contributed by atoms with Gasteiger partial charge < -0.3 is 5.73 Å². The van der Waals surface area contributed by atoms with Crippen LogP contribution in [0.15, 0.2) is 35.5 Å². The van der Waals surface area contributed by atoms with Gasteiger partial charge in [-0.25, -0.2) is 4.79 Å². The summed E-state index contributed by atoms with van der Waals surface area (Å²) in [6.07, 6.45) is 7.48. The monoisotopic (exact) mass is 274 g/mol. The van der Waals surface area contributed by atoms with E-state index in [9.17, 15) is 4.79 Å². The van der Waals surface area contributed by atoms with E-state index in [1.165, 1.54) is 0 Å². The molecule has 0 radical (unpaired) electrons. The fourth-order valence-electron chi connectivity index (χ4n) is 2.15. The normalized spacial score (nSPS) is 14.5. The quantitative estimate of drug-likeness (QED) is 0.847. The predicted molar refractivity (Wildman–Crippen MR) is 76.2 cm³/mol. The second kappa shape index (κ2) is 4.62. The molecule has 0 unspecified atom stereocenters. The third-order valence-electron chi connectivity index (χ3n) is 3.28. The Kier molecular flexibility index (Phi) is 2.94. The maximum absolute atomic E-state index is 12.2. The van der Waals surface area contributed by atoms with Crippen molar-refractivity contribution < 1.29 is 0 Å². The van der Waals surface area contributed by atoms with Crippen LogP contribution in [0, 0.1) is 0 Å². The molecule has 5 nitrogen and oxygen atoms in total. The summed E-state index contributed by atoms with van der Waals surface area (Å²) in [4.78, 5) is 16.6. The van der Waals surface area contributed by atoms with Crippen LogP contribution in [0.3, 0.4) is 0 Å². The summed E-state index contributed by atoms with van der Waals surface area (Å²) >= 11 is 4.98. The van der Waals surface area contributed by atoms with Crippen molar-refractivity contribution in [3.05, 3.63) is 52.5 Å². The highest BCUT2D eigenvalue weighted by Gasteiger charge is 2.25. The Morgan fingerprint density at radius 1 is 1.47 bits per heavy atom. The fourth-order valence-corrected chi connectivity index (χ4v) is 2.33. The topological polar surface area (TPSA) is 65.8 Å². The number of nitrogens with zero attached hydrogens (tertiary/aromatic N) is 3. The number of hydrogen-bond donors (Lipinski definition) is 1. The molecule has 98 valence electrons. The average Bonchev–Trinajstić information content (AvgIpc) is 3.17. The second-order valence-electron chi connectivity index (χ2n) is 4.72. The van der Waals surface area contributed by atoms with Crippen LogP contribution < -0.4 is 11.4 Å². The van der Waals surface area contributed by atoms with Gasteiger partial charge in [-0.15, -0.1) is 0 Å². The minimum absolute atomic E-state index is 0.0141. The molecule has 3 rings (SSSR count). The van der Waals surface area contributed by atoms with E-state index in [4.69, 9.17) is 18.0 Å². The third kappa shape index (κ3) is 2.31. The number of hydrogen-bond acceptors (Lipinski definition) is 3. The molecule has 2 aromatic rings. The van der Waals surface area contributed by atoms with E-state index in [2.05, 4.69) is 4.98 Å². The molecule has 0 atom stereocenters. The van der Waals surface area contributed by atoms with Gasteiger partial charge in [0.05, 0.1) is 6.54 Å². The first-order valence-corrected chi connectivity index (χ1v) is 6.58. The zero-order valence-electron chi connectivity index (χ0n) is 10.3. The van der Waals surface area contributed by atoms with Crippen LogP contribution in [0.4, 0.5) is 0 Å². The molecular weight excluding hydrogens is 260 g/mol. The van der Waals surface area contributed by atoms with Crippen molar-refractivity contribution in [3.8, 4) is 0 Å². The Morgan fingerprint density at radius 3 is 2.95 bits per heavy atom. The van der Waals surface area contributed by atoms with E-state index in [0.717, 1.165) is 18.4 Å². The number of rotatable bonds is 4. The lowest BCUT2D eigenvalue weighted by Crippen LogP contribution is -2.25. The molecular formula is C13H14N4OS. The lowest BCUT2D eigenvalue weighted by molar-refractivity contribution is 0.655. The first kappa shape index (κ1) is 12.1. The largest absolute Gasteiger partial charge is 0.388 e. The smallest absolute Gasteiger partial charge is 0.328 e. The van der Waals surface area contributed by atoms with Gasteiger partial charge in [-0.1, -0.05) is 18.3 Å². The van der Waals surface area contributed by atoms with Crippen molar-refractivity contribution in [1.29, 1.82) is 0 Å². The second-order valence-corrected chi connectivity index (χ2v) is 5.16. The van der Waals surface area contributed by atoms with E-state index < -0.39 is 0 Å². The SMILES string of the molecule is NC(=S)c1ncccc1Cn1ccn(C2CC2)c1=O. The molecule has 0 spiro atoms. The maximum atomic E-state index is 12.2. The van der Waals surface area contributed by atoms with Crippen molar-refractivity contribution in [2.24, 2.45) is 5.73 Å². The Labute approximate surface area is 115 Å². The molecule has 2 N–H and O–H groups in total. The van der Waals surface area contributed by atoms with Crippen LogP contribution in [0.1, 0.15) is 30.1 Å². The van der Waals surface area contributed by atoms with Crippen LogP contribution in [-0.4, -0.2) is 19.1 Å². The Balaban J connectivity index is 1.93. The van der Waals surface area contributed by atoms with Crippen molar-refractivity contribution in [2.75, 3.05) is 0 Å². The first-order chi connectivity index (χ1) is 9.16. The zero-order valence-corrected chi connectivity index (χ0v) is 11.1. The summed E-state index contributed by atoms with van der Waals surface area (Å²) in [5.41, 5.74) is 7.11. The van der Waals surface area contributed by atoms with Gasteiger partial charge in [0.25, 0.3) is 0 Å². The summed E-state index contributed by atoms with van der Waals surface area (Å²) in [5, 5.41) is 0. The molecule has 0 aromatic carbocycles. The molecule has 0 saturated heterocycles. The third-order valence-corrected chi connectivity index (χ3v) is 3.47. The van der Waals surface area contributed by atoms with Crippen LogP contribution in [0.5, 0.6) is 0 Å². The molecule has 2 heterocycles. The zero-order chi connectivity index (χ0) is 13.4. The van der Waals surface area contributed by atoms with Gasteiger partial charge in [-0.2, -0.15) is 0 Å². The van der Waals surface area contributed by atoms with Gasteiger partial charge in [0, 0.05) is 30.2 Å². The molecule has 1 aliphatic carbocycles. The van der Waals surface area contributed by atoms with Crippen molar-refractivity contribution in [2.45, 2.75) is 25.4 Å². The average molecular weight is 274 g/mol. The minimum Gasteiger partial charge on any atom is -0.388 e. The molecule has 6 heteroatoms. The van der Waals surface area contributed by atoms with E-state index in [1.54, 1.807) is 21.5 Å². The number of pyridine rings is 1. The highest BCUT2D eigenvalue weighted by atomic mass is 32.1. The Morgan fingerprint density at radius 2 is 2.26 bits per heavy atom. The van der Waals surface area contributed by atoms with Crippen LogP contribution >= 0.6 is 12.2 Å². The van der Waals surface area contributed by atoms with Gasteiger partial charge in [0.1, 0.15) is 10.7 Å². The number of nitrogens with two attached hydrogens (primary N) is 1. The number of aromatic nitrogens is 3. The van der Waals surface area contributed by atoms with Crippen molar-refractivity contribution >= 4 is 17.2 Å². The van der Waals surface area contributed by atoms with Crippen molar-refractivity contribution in [3.63, 3.8) is 0 Å².